The largest absolute Gasteiger partial charge is 0.497 e. The van der Waals surface area contributed by atoms with Crippen molar-refractivity contribution in [1.82, 2.24) is 14.8 Å². The lowest BCUT2D eigenvalue weighted by atomic mass is 10.1. The number of anilines is 1. The summed E-state index contributed by atoms with van der Waals surface area (Å²) in [5.74, 6) is 0.139. The molecule has 4 rings (SSSR count). The summed E-state index contributed by atoms with van der Waals surface area (Å²) in [5, 5.41) is 12.7. The van der Waals surface area contributed by atoms with Crippen molar-refractivity contribution in [3.63, 3.8) is 0 Å². The van der Waals surface area contributed by atoms with E-state index in [1.54, 1.807) is 44.3 Å². The van der Waals surface area contributed by atoms with Crippen molar-refractivity contribution >= 4 is 35.6 Å². The molecule has 28 heavy (non-hydrogen) atoms. The zero-order chi connectivity index (χ0) is 19.8. The van der Waals surface area contributed by atoms with Gasteiger partial charge in [0, 0.05) is 24.9 Å². The van der Waals surface area contributed by atoms with Gasteiger partial charge in [-0.15, -0.1) is 0 Å². The molecule has 2 amide bonds. The number of hydrogen-bond donors (Lipinski definition) is 1. The SMILES string of the molecule is COc1cccc(C(=O)Nc2cc(C)nn2C2=NC(=O)C3C=NN(C)C3=N2)c1. The zero-order valence-corrected chi connectivity index (χ0v) is 15.4. The van der Waals surface area contributed by atoms with Crippen LogP contribution in [0.2, 0.25) is 0 Å². The van der Waals surface area contributed by atoms with Crippen molar-refractivity contribution in [1.29, 1.82) is 0 Å². The minimum Gasteiger partial charge on any atom is -0.497 e. The lowest BCUT2D eigenvalue weighted by molar-refractivity contribution is -0.118. The van der Waals surface area contributed by atoms with Gasteiger partial charge in [0.2, 0.25) is 0 Å². The predicted octanol–water partition coefficient (Wildman–Crippen LogP) is 1.14. The highest BCUT2D eigenvalue weighted by Crippen LogP contribution is 2.20. The third kappa shape index (κ3) is 3.04. The van der Waals surface area contributed by atoms with Gasteiger partial charge in [0.1, 0.15) is 23.3 Å². The van der Waals surface area contributed by atoms with Crippen molar-refractivity contribution in [2.45, 2.75) is 6.92 Å². The average Bonchev–Trinajstić information content (AvgIpc) is 3.24. The van der Waals surface area contributed by atoms with Gasteiger partial charge >= 0.3 is 0 Å². The summed E-state index contributed by atoms with van der Waals surface area (Å²) in [6.07, 6.45) is 1.50. The van der Waals surface area contributed by atoms with E-state index in [-0.39, 0.29) is 17.8 Å². The normalized spacial score (nSPS) is 17.9. The van der Waals surface area contributed by atoms with Crippen LogP contribution < -0.4 is 10.1 Å². The molecule has 2 aliphatic rings. The van der Waals surface area contributed by atoms with Crippen molar-refractivity contribution in [2.24, 2.45) is 21.0 Å². The topological polar surface area (TPSA) is 114 Å². The van der Waals surface area contributed by atoms with Gasteiger partial charge in [0.05, 0.1) is 12.8 Å². The first-order chi connectivity index (χ1) is 13.5. The molecule has 0 radical (unpaired) electrons. The van der Waals surface area contributed by atoms with Crippen LogP contribution in [0.25, 0.3) is 0 Å². The monoisotopic (exact) mass is 379 g/mol. The van der Waals surface area contributed by atoms with Crippen LogP contribution in [0, 0.1) is 12.8 Å². The molecule has 2 aliphatic heterocycles. The first-order valence-corrected chi connectivity index (χ1v) is 8.47. The van der Waals surface area contributed by atoms with E-state index < -0.39 is 5.92 Å². The van der Waals surface area contributed by atoms with E-state index in [0.29, 0.717) is 28.7 Å². The Morgan fingerprint density at radius 2 is 2.07 bits per heavy atom. The summed E-state index contributed by atoms with van der Waals surface area (Å²) >= 11 is 0. The van der Waals surface area contributed by atoms with E-state index in [9.17, 15) is 9.59 Å². The van der Waals surface area contributed by atoms with E-state index in [4.69, 9.17) is 4.74 Å². The Morgan fingerprint density at radius 3 is 2.86 bits per heavy atom. The standard InChI is InChI=1S/C18H17N7O3/c1-10-7-14(20-16(26)11-5-4-6-12(8-11)28-3)25(23-10)18-21-15-13(17(27)22-18)9-19-24(15)2/h4-9,13H,1-3H3,(H,20,26). The summed E-state index contributed by atoms with van der Waals surface area (Å²) in [4.78, 5) is 33.4. The van der Waals surface area contributed by atoms with Crippen LogP contribution in [0.5, 0.6) is 5.75 Å². The second-order valence-electron chi connectivity index (χ2n) is 6.25. The number of aryl methyl sites for hydroxylation is 1. The van der Waals surface area contributed by atoms with Crippen molar-refractivity contribution in [2.75, 3.05) is 19.5 Å². The van der Waals surface area contributed by atoms with E-state index >= 15 is 0 Å². The maximum Gasteiger partial charge on any atom is 0.265 e. The summed E-state index contributed by atoms with van der Waals surface area (Å²) in [6, 6.07) is 8.44. The maximum absolute atomic E-state index is 12.6. The number of aromatic nitrogens is 2. The van der Waals surface area contributed by atoms with Crippen molar-refractivity contribution in [3.8, 4) is 5.75 Å². The molecule has 0 fully saturated rings. The molecule has 0 bridgehead atoms. The fraction of sp³-hybridized carbons (Fsp3) is 0.222. The second-order valence-corrected chi connectivity index (χ2v) is 6.25. The first-order valence-electron chi connectivity index (χ1n) is 8.47. The molecular weight excluding hydrogens is 362 g/mol. The molecule has 1 atom stereocenters. The molecule has 0 aliphatic carbocycles. The molecule has 10 nitrogen and oxygen atoms in total. The number of methoxy groups -OCH3 is 1. The molecule has 0 saturated carbocycles. The summed E-state index contributed by atoms with van der Waals surface area (Å²) in [5.41, 5.74) is 1.05. The number of nitrogens with zero attached hydrogens (tertiary/aromatic N) is 6. The number of fused-ring (bicyclic) bond motifs is 1. The highest BCUT2D eigenvalue weighted by atomic mass is 16.5. The molecule has 1 aromatic carbocycles. The predicted molar refractivity (Wildman–Crippen MR) is 103 cm³/mol. The minimum atomic E-state index is -0.583. The van der Waals surface area contributed by atoms with Crippen LogP contribution in [0.3, 0.4) is 0 Å². The molecule has 0 saturated heterocycles. The molecular formula is C18H17N7O3. The number of carbonyl (C=O) groups excluding carboxylic acids is 2. The van der Waals surface area contributed by atoms with Gasteiger partial charge in [-0.25, -0.2) is 0 Å². The lowest BCUT2D eigenvalue weighted by Gasteiger charge is -2.17. The van der Waals surface area contributed by atoms with Crippen molar-refractivity contribution in [3.05, 3.63) is 41.6 Å². The molecule has 1 unspecified atom stereocenters. The number of hydrogen-bond acceptors (Lipinski definition) is 7. The molecule has 10 heteroatoms. The second kappa shape index (κ2) is 6.72. The van der Waals surface area contributed by atoms with Gasteiger partial charge in [-0.1, -0.05) is 6.07 Å². The number of amidine groups is 1. The third-order valence-corrected chi connectivity index (χ3v) is 4.28. The Hall–Kier alpha value is -3.82. The number of carbonyl (C=O) groups is 2. The third-order valence-electron chi connectivity index (χ3n) is 4.28. The van der Waals surface area contributed by atoms with Crippen LogP contribution in [-0.4, -0.2) is 58.8 Å². The number of nitrogens with one attached hydrogen (secondary N) is 1. The number of amides is 2. The molecule has 0 spiro atoms. The summed E-state index contributed by atoms with van der Waals surface area (Å²) < 4.78 is 6.49. The van der Waals surface area contributed by atoms with E-state index in [0.717, 1.165) is 0 Å². The van der Waals surface area contributed by atoms with Gasteiger partial charge in [-0.3, -0.25) is 14.6 Å². The number of rotatable bonds is 3. The molecule has 142 valence electrons. The molecule has 1 N–H and O–H groups in total. The fourth-order valence-electron chi connectivity index (χ4n) is 2.89. The number of benzene rings is 1. The highest BCUT2D eigenvalue weighted by Gasteiger charge is 2.35. The fourth-order valence-corrected chi connectivity index (χ4v) is 2.89. The van der Waals surface area contributed by atoms with Gasteiger partial charge in [0.15, 0.2) is 0 Å². The van der Waals surface area contributed by atoms with Crippen LogP contribution in [-0.2, 0) is 4.79 Å². The lowest BCUT2D eigenvalue weighted by Crippen LogP contribution is -2.35. The Bertz CT molecular complexity index is 1070. The zero-order valence-electron chi connectivity index (χ0n) is 15.4. The Morgan fingerprint density at radius 1 is 1.25 bits per heavy atom. The Kier molecular flexibility index (Phi) is 4.22. The smallest absolute Gasteiger partial charge is 0.265 e. The van der Waals surface area contributed by atoms with Crippen LogP contribution in [0.15, 0.2) is 45.4 Å². The van der Waals surface area contributed by atoms with Crippen molar-refractivity contribution < 1.29 is 14.3 Å². The van der Waals surface area contributed by atoms with Crippen LogP contribution >= 0.6 is 0 Å². The quantitative estimate of drug-likeness (QED) is 0.859. The van der Waals surface area contributed by atoms with E-state index in [1.807, 2.05) is 0 Å². The number of ether oxygens (including phenoxy) is 1. The van der Waals surface area contributed by atoms with Gasteiger partial charge < -0.3 is 10.1 Å². The molecule has 2 aromatic rings. The van der Waals surface area contributed by atoms with E-state index in [2.05, 4.69) is 25.5 Å². The van der Waals surface area contributed by atoms with Gasteiger partial charge in [-0.2, -0.15) is 24.9 Å². The molecule has 1 aromatic heterocycles. The summed E-state index contributed by atoms with van der Waals surface area (Å²) in [7, 11) is 3.23. The first kappa shape index (κ1) is 17.6. The maximum atomic E-state index is 12.6. The Labute approximate surface area is 160 Å². The van der Waals surface area contributed by atoms with Crippen LogP contribution in [0.1, 0.15) is 16.1 Å². The highest BCUT2D eigenvalue weighted by molar-refractivity contribution is 6.24. The Balaban J connectivity index is 1.65. The van der Waals surface area contributed by atoms with E-state index in [1.165, 1.54) is 23.0 Å². The van der Waals surface area contributed by atoms with Gasteiger partial charge in [0.25, 0.3) is 17.8 Å². The average molecular weight is 379 g/mol. The summed E-state index contributed by atoms with van der Waals surface area (Å²) in [6.45, 7) is 1.77. The van der Waals surface area contributed by atoms with Crippen LogP contribution in [0.4, 0.5) is 5.82 Å². The van der Waals surface area contributed by atoms with Gasteiger partial charge in [-0.05, 0) is 25.1 Å². The number of hydrazone groups is 1. The molecule has 3 heterocycles. The minimum absolute atomic E-state index is 0.0719. The number of aliphatic imine (C=N–C) groups is 2.